The van der Waals surface area contributed by atoms with Gasteiger partial charge < -0.3 is 16.0 Å². The van der Waals surface area contributed by atoms with Gasteiger partial charge in [-0.05, 0) is 18.2 Å². The van der Waals surface area contributed by atoms with Gasteiger partial charge in [0.1, 0.15) is 11.6 Å². The predicted molar refractivity (Wildman–Crippen MR) is 95.9 cm³/mol. The number of rotatable bonds is 5. The molecule has 1 aromatic rings. The van der Waals surface area contributed by atoms with E-state index in [1.54, 1.807) is 18.3 Å². The van der Waals surface area contributed by atoms with Crippen molar-refractivity contribution in [3.05, 3.63) is 40.0 Å². The number of benzene rings is 1. The summed E-state index contributed by atoms with van der Waals surface area (Å²) in [4.78, 5) is 16.5. The first kappa shape index (κ1) is 18.6. The maximum atomic E-state index is 12.3. The van der Waals surface area contributed by atoms with Crippen LogP contribution in [0.3, 0.4) is 0 Å². The monoisotopic (exact) mass is 367 g/mol. The van der Waals surface area contributed by atoms with E-state index in [1.165, 1.54) is 6.07 Å². The van der Waals surface area contributed by atoms with Crippen LogP contribution in [0.25, 0.3) is 0 Å². The molecule has 128 valence electrons. The molecule has 1 aliphatic heterocycles. The number of nitrogens with two attached hydrogens (primary N) is 1. The maximum Gasteiger partial charge on any atom is 0.267 e. The molecule has 2 rings (SSSR count). The fraction of sp³-hybridized carbons (Fsp3) is 0.375. The molecule has 3 N–H and O–H groups in total. The van der Waals surface area contributed by atoms with E-state index in [4.69, 9.17) is 28.9 Å². The van der Waals surface area contributed by atoms with Crippen molar-refractivity contribution in [1.29, 1.82) is 5.26 Å². The number of nitriles is 1. The minimum Gasteiger partial charge on any atom is -0.374 e. The summed E-state index contributed by atoms with van der Waals surface area (Å²) in [6, 6.07) is 6.69. The van der Waals surface area contributed by atoms with E-state index in [0.29, 0.717) is 22.3 Å². The van der Waals surface area contributed by atoms with E-state index in [2.05, 4.69) is 10.2 Å². The van der Waals surface area contributed by atoms with E-state index in [1.807, 2.05) is 11.0 Å². The lowest BCUT2D eigenvalue weighted by Crippen LogP contribution is -2.45. The van der Waals surface area contributed by atoms with Gasteiger partial charge in [0.2, 0.25) is 0 Å². The second kappa shape index (κ2) is 8.90. The Morgan fingerprint density at radius 2 is 2.04 bits per heavy atom. The second-order valence-electron chi connectivity index (χ2n) is 5.40. The number of hydrogen-bond donors (Lipinski definition) is 2. The Bertz CT molecular complexity index is 663. The van der Waals surface area contributed by atoms with Crippen molar-refractivity contribution >= 4 is 34.8 Å². The molecule has 1 amide bonds. The van der Waals surface area contributed by atoms with Gasteiger partial charge in [-0.1, -0.05) is 23.2 Å². The Labute approximate surface area is 151 Å². The van der Waals surface area contributed by atoms with Gasteiger partial charge in [0.25, 0.3) is 5.91 Å². The van der Waals surface area contributed by atoms with E-state index in [0.717, 1.165) is 32.7 Å². The van der Waals surface area contributed by atoms with Gasteiger partial charge in [-0.2, -0.15) is 5.26 Å². The Hall–Kier alpha value is -1.78. The Balaban J connectivity index is 2.00. The zero-order valence-electron chi connectivity index (χ0n) is 13.1. The van der Waals surface area contributed by atoms with E-state index in [9.17, 15) is 10.1 Å². The molecule has 0 bridgehead atoms. The highest BCUT2D eigenvalue weighted by atomic mass is 35.5. The molecule has 8 heteroatoms. The molecule has 0 aromatic heterocycles. The number of hydrogen-bond acceptors (Lipinski definition) is 5. The lowest BCUT2D eigenvalue weighted by molar-refractivity contribution is -0.112. The van der Waals surface area contributed by atoms with Crippen LogP contribution in [0.4, 0.5) is 5.69 Å². The van der Waals surface area contributed by atoms with Crippen LogP contribution in [-0.4, -0.2) is 55.0 Å². The van der Waals surface area contributed by atoms with Crippen LogP contribution in [0.15, 0.2) is 30.0 Å². The summed E-state index contributed by atoms with van der Waals surface area (Å²) in [5.41, 5.74) is 6.00. The minimum atomic E-state index is -0.494. The van der Waals surface area contributed by atoms with Gasteiger partial charge in [0.05, 0.1) is 10.7 Å². The number of piperazine rings is 1. The average Bonchev–Trinajstić information content (AvgIpc) is 2.57. The Kier molecular flexibility index (Phi) is 6.88. The first-order chi connectivity index (χ1) is 11.5. The minimum absolute atomic E-state index is 0.0355. The van der Waals surface area contributed by atoms with Gasteiger partial charge in [-0.3, -0.25) is 9.69 Å². The number of carbonyl (C=O) groups excluding carboxylic acids is 1. The summed E-state index contributed by atoms with van der Waals surface area (Å²) in [6.45, 7) is 4.70. The molecule has 0 atom stereocenters. The second-order valence-corrected chi connectivity index (χ2v) is 6.24. The third kappa shape index (κ3) is 5.11. The third-order valence-corrected chi connectivity index (χ3v) is 4.26. The molecule has 1 fully saturated rings. The van der Waals surface area contributed by atoms with Crippen molar-refractivity contribution in [3.63, 3.8) is 0 Å². The number of amides is 1. The molecule has 0 saturated carbocycles. The van der Waals surface area contributed by atoms with Crippen LogP contribution in [0.2, 0.25) is 10.0 Å². The van der Waals surface area contributed by atoms with Crippen LogP contribution in [0.5, 0.6) is 0 Å². The quantitative estimate of drug-likeness (QED) is 0.613. The van der Waals surface area contributed by atoms with E-state index >= 15 is 0 Å². The Morgan fingerprint density at radius 3 is 2.62 bits per heavy atom. The van der Waals surface area contributed by atoms with Crippen molar-refractivity contribution in [2.45, 2.75) is 0 Å². The zero-order chi connectivity index (χ0) is 17.5. The van der Waals surface area contributed by atoms with Crippen molar-refractivity contribution in [3.8, 4) is 6.07 Å². The van der Waals surface area contributed by atoms with E-state index in [-0.39, 0.29) is 5.57 Å². The number of nitrogens with one attached hydrogen (secondary N) is 1. The molecule has 1 saturated heterocycles. The predicted octanol–water partition coefficient (Wildman–Crippen LogP) is 1.92. The highest BCUT2D eigenvalue weighted by Gasteiger charge is 2.17. The highest BCUT2D eigenvalue weighted by Crippen LogP contribution is 2.25. The van der Waals surface area contributed by atoms with Crippen molar-refractivity contribution in [2.24, 2.45) is 5.73 Å². The molecule has 1 heterocycles. The molecule has 0 spiro atoms. The van der Waals surface area contributed by atoms with Gasteiger partial charge in [0, 0.05) is 50.5 Å². The Morgan fingerprint density at radius 1 is 1.33 bits per heavy atom. The van der Waals surface area contributed by atoms with Gasteiger partial charge in [0.15, 0.2) is 0 Å². The van der Waals surface area contributed by atoms with Crippen LogP contribution < -0.4 is 11.1 Å². The molecule has 24 heavy (non-hydrogen) atoms. The molecule has 1 aliphatic rings. The fourth-order valence-electron chi connectivity index (χ4n) is 2.40. The molecule has 0 radical (unpaired) electrons. The summed E-state index contributed by atoms with van der Waals surface area (Å²) >= 11 is 11.9. The summed E-state index contributed by atoms with van der Waals surface area (Å²) in [6.07, 6.45) is 1.60. The van der Waals surface area contributed by atoms with Crippen molar-refractivity contribution in [1.82, 2.24) is 9.80 Å². The molecule has 0 aliphatic carbocycles. The number of anilines is 1. The van der Waals surface area contributed by atoms with Gasteiger partial charge in [-0.25, -0.2) is 0 Å². The van der Waals surface area contributed by atoms with Crippen molar-refractivity contribution in [2.75, 3.05) is 44.6 Å². The largest absolute Gasteiger partial charge is 0.374 e. The average molecular weight is 368 g/mol. The van der Waals surface area contributed by atoms with Gasteiger partial charge in [-0.15, -0.1) is 0 Å². The third-order valence-electron chi connectivity index (χ3n) is 3.71. The van der Waals surface area contributed by atoms with Crippen LogP contribution >= 0.6 is 23.2 Å². The maximum absolute atomic E-state index is 12.3. The lowest BCUT2D eigenvalue weighted by Gasteiger charge is -2.33. The first-order valence-corrected chi connectivity index (χ1v) is 8.34. The lowest BCUT2D eigenvalue weighted by atomic mass is 10.2. The highest BCUT2D eigenvalue weighted by molar-refractivity contribution is 6.36. The first-order valence-electron chi connectivity index (χ1n) is 7.58. The van der Waals surface area contributed by atoms with E-state index < -0.39 is 5.91 Å². The van der Waals surface area contributed by atoms with Crippen LogP contribution in [0, 0.1) is 11.3 Å². The molecule has 1 aromatic carbocycles. The molecule has 6 nitrogen and oxygen atoms in total. The summed E-state index contributed by atoms with van der Waals surface area (Å²) in [7, 11) is 0. The summed E-state index contributed by atoms with van der Waals surface area (Å²) in [5, 5.41) is 12.7. The SMILES string of the molecule is N#C/C(=C/N1CCN(CCN)CC1)C(=O)Nc1ccc(Cl)cc1Cl. The fourth-order valence-corrected chi connectivity index (χ4v) is 2.86. The number of halogens is 2. The topological polar surface area (TPSA) is 85.4 Å². The summed E-state index contributed by atoms with van der Waals surface area (Å²) < 4.78 is 0. The smallest absolute Gasteiger partial charge is 0.267 e. The van der Waals surface area contributed by atoms with Gasteiger partial charge >= 0.3 is 0 Å². The zero-order valence-corrected chi connectivity index (χ0v) is 14.6. The number of nitrogens with zero attached hydrogens (tertiary/aromatic N) is 3. The molecular weight excluding hydrogens is 349 g/mol. The number of carbonyl (C=O) groups is 1. The van der Waals surface area contributed by atoms with Crippen molar-refractivity contribution < 1.29 is 4.79 Å². The molecule has 0 unspecified atom stereocenters. The summed E-state index contributed by atoms with van der Waals surface area (Å²) in [5.74, 6) is -0.494. The van der Waals surface area contributed by atoms with Crippen LogP contribution in [0.1, 0.15) is 0 Å². The molecular formula is C16H19Cl2N5O. The van der Waals surface area contributed by atoms with Crippen LogP contribution in [-0.2, 0) is 4.79 Å². The standard InChI is InChI=1S/C16H19Cl2N5O/c17-13-1-2-15(14(18)9-13)21-16(24)12(10-20)11-23-7-5-22(4-3-19)6-8-23/h1-2,9,11H,3-8,19H2,(H,21,24)/b12-11-. The normalized spacial score (nSPS) is 15.9.